The lowest BCUT2D eigenvalue weighted by Crippen LogP contribution is -2.59. The Hall–Kier alpha value is -1.56. The van der Waals surface area contributed by atoms with Crippen molar-refractivity contribution in [2.75, 3.05) is 19.8 Å². The largest absolute Gasteiger partial charge is 0.486 e. The van der Waals surface area contributed by atoms with Gasteiger partial charge in [-0.25, -0.2) is 0 Å². The first-order valence-electron chi connectivity index (χ1n) is 11.2. The standard InChI is InChI=1S/C25H30BrNO3/c26-23-18-14-21-19-8-4-5-9-25(19,10-11-27-21)20(18)15-22(24(23)29-13-12-28)30-16-17-6-2-1-3-7-17/h1-3,6-7,15,19,21,27-28H,4-5,8-14,16H2. The van der Waals surface area contributed by atoms with Gasteiger partial charge in [0.1, 0.15) is 13.2 Å². The molecular weight excluding hydrogens is 442 g/mol. The molecule has 2 fully saturated rings. The van der Waals surface area contributed by atoms with Crippen LogP contribution in [0.2, 0.25) is 0 Å². The molecule has 30 heavy (non-hydrogen) atoms. The topological polar surface area (TPSA) is 50.7 Å². The highest BCUT2D eigenvalue weighted by molar-refractivity contribution is 9.10. The van der Waals surface area contributed by atoms with E-state index in [0.717, 1.165) is 34.5 Å². The molecular formula is C25H30BrNO3. The third-order valence-electron chi connectivity index (χ3n) is 7.39. The Kier molecular flexibility index (Phi) is 5.78. The lowest BCUT2D eigenvalue weighted by atomic mass is 9.53. The number of ether oxygens (including phenoxy) is 2. The second-order valence-electron chi connectivity index (χ2n) is 8.91. The molecule has 0 aromatic heterocycles. The SMILES string of the molecule is OCCOc1c(OCc2ccccc2)cc2c(c1Br)CC1NCCC23CCCCC13. The fraction of sp³-hybridized carbons (Fsp3) is 0.520. The molecule has 1 saturated carbocycles. The lowest BCUT2D eigenvalue weighted by molar-refractivity contribution is 0.0788. The minimum Gasteiger partial charge on any atom is -0.486 e. The summed E-state index contributed by atoms with van der Waals surface area (Å²) in [5.74, 6) is 2.22. The van der Waals surface area contributed by atoms with Gasteiger partial charge in [-0.05, 0) is 76.8 Å². The van der Waals surface area contributed by atoms with Gasteiger partial charge in [0.25, 0.3) is 0 Å². The van der Waals surface area contributed by atoms with E-state index < -0.39 is 0 Å². The van der Waals surface area contributed by atoms with Gasteiger partial charge in [0.2, 0.25) is 0 Å². The average molecular weight is 472 g/mol. The molecule has 2 aliphatic carbocycles. The van der Waals surface area contributed by atoms with Crippen LogP contribution < -0.4 is 14.8 Å². The number of aliphatic hydroxyl groups is 1. The van der Waals surface area contributed by atoms with E-state index in [0.29, 0.717) is 18.6 Å². The van der Waals surface area contributed by atoms with Crippen LogP contribution in [0.15, 0.2) is 40.9 Å². The Labute approximate surface area is 187 Å². The van der Waals surface area contributed by atoms with Crippen LogP contribution in [0.25, 0.3) is 0 Å². The molecule has 3 unspecified atom stereocenters. The predicted octanol–water partition coefficient (Wildman–Crippen LogP) is 4.75. The van der Waals surface area contributed by atoms with E-state index in [2.05, 4.69) is 39.4 Å². The summed E-state index contributed by atoms with van der Waals surface area (Å²) in [5.41, 5.74) is 4.22. The van der Waals surface area contributed by atoms with Crippen LogP contribution in [0.1, 0.15) is 48.8 Å². The maximum absolute atomic E-state index is 9.35. The van der Waals surface area contributed by atoms with Crippen molar-refractivity contribution in [3.8, 4) is 11.5 Å². The molecule has 0 amide bonds. The van der Waals surface area contributed by atoms with Crippen LogP contribution >= 0.6 is 15.9 Å². The first kappa shape index (κ1) is 20.3. The van der Waals surface area contributed by atoms with E-state index >= 15 is 0 Å². The molecule has 5 heteroatoms. The average Bonchev–Trinajstić information content (AvgIpc) is 2.78. The third kappa shape index (κ3) is 3.45. The highest BCUT2D eigenvalue weighted by Gasteiger charge is 2.52. The van der Waals surface area contributed by atoms with Gasteiger partial charge in [-0.3, -0.25) is 0 Å². The summed E-state index contributed by atoms with van der Waals surface area (Å²) in [5, 5.41) is 13.2. The summed E-state index contributed by atoms with van der Waals surface area (Å²) in [7, 11) is 0. The molecule has 2 aromatic rings. The number of piperidine rings is 1. The quantitative estimate of drug-likeness (QED) is 0.638. The summed E-state index contributed by atoms with van der Waals surface area (Å²) in [6, 6.07) is 13.1. The molecule has 0 radical (unpaired) electrons. The van der Waals surface area contributed by atoms with E-state index in [9.17, 15) is 5.11 Å². The van der Waals surface area contributed by atoms with E-state index in [1.54, 1.807) is 0 Å². The number of halogens is 1. The van der Waals surface area contributed by atoms with E-state index in [1.807, 2.05) is 18.2 Å². The number of benzene rings is 2. The highest BCUT2D eigenvalue weighted by atomic mass is 79.9. The van der Waals surface area contributed by atoms with Crippen LogP contribution in [0.3, 0.4) is 0 Å². The maximum atomic E-state index is 9.35. The summed E-state index contributed by atoms with van der Waals surface area (Å²) >= 11 is 3.88. The fourth-order valence-corrected chi connectivity index (χ4v) is 6.79. The second kappa shape index (κ2) is 8.52. The normalized spacial score (nSPS) is 27.1. The van der Waals surface area contributed by atoms with Gasteiger partial charge in [0.15, 0.2) is 11.5 Å². The first-order chi connectivity index (χ1) is 14.7. The zero-order valence-corrected chi connectivity index (χ0v) is 18.9. The maximum Gasteiger partial charge on any atom is 0.175 e. The van der Waals surface area contributed by atoms with Crippen molar-refractivity contribution in [3.63, 3.8) is 0 Å². The third-order valence-corrected chi connectivity index (χ3v) is 8.22. The van der Waals surface area contributed by atoms with E-state index in [4.69, 9.17) is 9.47 Å². The molecule has 1 saturated heterocycles. The van der Waals surface area contributed by atoms with Crippen molar-refractivity contribution >= 4 is 15.9 Å². The number of hydrogen-bond acceptors (Lipinski definition) is 4. The number of aliphatic hydroxyl groups excluding tert-OH is 1. The van der Waals surface area contributed by atoms with Gasteiger partial charge in [-0.15, -0.1) is 0 Å². The van der Waals surface area contributed by atoms with E-state index in [-0.39, 0.29) is 18.6 Å². The summed E-state index contributed by atoms with van der Waals surface area (Å²) < 4.78 is 13.3. The lowest BCUT2D eigenvalue weighted by Gasteiger charge is -2.56. The molecule has 0 spiro atoms. The highest BCUT2D eigenvalue weighted by Crippen LogP contribution is 2.57. The van der Waals surface area contributed by atoms with Crippen molar-refractivity contribution < 1.29 is 14.6 Å². The van der Waals surface area contributed by atoms with Crippen molar-refractivity contribution in [3.05, 3.63) is 57.6 Å². The van der Waals surface area contributed by atoms with Crippen molar-refractivity contribution in [1.82, 2.24) is 5.32 Å². The minimum atomic E-state index is -0.0160. The Bertz CT molecular complexity index is 899. The molecule has 2 aromatic carbocycles. The van der Waals surface area contributed by atoms with Crippen molar-refractivity contribution in [1.29, 1.82) is 0 Å². The van der Waals surface area contributed by atoms with Gasteiger partial charge in [0, 0.05) is 11.5 Å². The van der Waals surface area contributed by atoms with Crippen molar-refractivity contribution in [2.45, 2.75) is 56.6 Å². The number of fused-ring (bicyclic) bond motifs is 1. The zero-order chi connectivity index (χ0) is 20.6. The van der Waals surface area contributed by atoms with Crippen LogP contribution in [-0.4, -0.2) is 30.9 Å². The fourth-order valence-electron chi connectivity index (χ4n) is 6.11. The molecule has 3 aliphatic rings. The van der Waals surface area contributed by atoms with Gasteiger partial charge in [0.05, 0.1) is 11.1 Å². The van der Waals surface area contributed by atoms with E-state index in [1.165, 1.54) is 43.2 Å². The predicted molar refractivity (Wildman–Crippen MR) is 121 cm³/mol. The summed E-state index contributed by atoms with van der Waals surface area (Å²) in [6.45, 7) is 1.84. The molecule has 160 valence electrons. The van der Waals surface area contributed by atoms with Crippen LogP contribution in [0.5, 0.6) is 11.5 Å². The molecule has 2 N–H and O–H groups in total. The summed E-state index contributed by atoms with van der Waals surface area (Å²) in [6.07, 6.45) is 7.46. The van der Waals surface area contributed by atoms with Crippen molar-refractivity contribution in [2.24, 2.45) is 5.92 Å². The first-order valence-corrected chi connectivity index (χ1v) is 12.0. The summed E-state index contributed by atoms with van der Waals surface area (Å²) in [4.78, 5) is 0. The molecule has 5 rings (SSSR count). The zero-order valence-electron chi connectivity index (χ0n) is 17.3. The van der Waals surface area contributed by atoms with Gasteiger partial charge < -0.3 is 19.9 Å². The number of hydrogen-bond donors (Lipinski definition) is 2. The molecule has 2 bridgehead atoms. The Balaban J connectivity index is 1.57. The smallest absolute Gasteiger partial charge is 0.175 e. The van der Waals surface area contributed by atoms with Crippen LogP contribution in [0, 0.1) is 5.92 Å². The monoisotopic (exact) mass is 471 g/mol. The van der Waals surface area contributed by atoms with Gasteiger partial charge in [-0.2, -0.15) is 0 Å². The number of nitrogens with one attached hydrogen (secondary N) is 1. The Morgan fingerprint density at radius 2 is 2.00 bits per heavy atom. The molecule has 1 heterocycles. The minimum absolute atomic E-state index is 0.0160. The number of rotatable bonds is 6. The van der Waals surface area contributed by atoms with Crippen LogP contribution in [-0.2, 0) is 18.4 Å². The molecule has 4 nitrogen and oxygen atoms in total. The van der Waals surface area contributed by atoms with Gasteiger partial charge >= 0.3 is 0 Å². The Morgan fingerprint density at radius 1 is 1.13 bits per heavy atom. The van der Waals surface area contributed by atoms with Crippen LogP contribution in [0.4, 0.5) is 0 Å². The van der Waals surface area contributed by atoms with Gasteiger partial charge in [-0.1, -0.05) is 43.2 Å². The molecule has 1 aliphatic heterocycles. The molecule has 3 atom stereocenters. The Morgan fingerprint density at radius 3 is 2.83 bits per heavy atom. The second-order valence-corrected chi connectivity index (χ2v) is 9.71.